The number of rotatable bonds is 4. The molecule has 0 aromatic carbocycles. The SMILES string of the molecule is O=C(O)c1cccnc1SCc1csc(Br)c1. The third kappa shape index (κ3) is 3.31. The average molecular weight is 330 g/mol. The maximum atomic E-state index is 11.0. The van der Waals surface area contributed by atoms with Crippen LogP contribution in [0.2, 0.25) is 0 Å². The van der Waals surface area contributed by atoms with E-state index in [4.69, 9.17) is 5.11 Å². The minimum absolute atomic E-state index is 0.256. The largest absolute Gasteiger partial charge is 0.478 e. The number of pyridine rings is 1. The third-order valence-electron chi connectivity index (χ3n) is 2.00. The summed E-state index contributed by atoms with van der Waals surface area (Å²) >= 11 is 6.45. The molecule has 0 radical (unpaired) electrons. The van der Waals surface area contributed by atoms with Crippen LogP contribution in [-0.4, -0.2) is 16.1 Å². The number of halogens is 1. The fourth-order valence-electron chi connectivity index (χ4n) is 1.24. The summed E-state index contributed by atoms with van der Waals surface area (Å²) in [6, 6.07) is 5.23. The number of hydrogen-bond donors (Lipinski definition) is 1. The van der Waals surface area contributed by atoms with Crippen LogP contribution in [0.3, 0.4) is 0 Å². The molecule has 2 heterocycles. The molecule has 1 N–H and O–H groups in total. The topological polar surface area (TPSA) is 50.2 Å². The number of thioether (sulfide) groups is 1. The van der Waals surface area contributed by atoms with Crippen molar-refractivity contribution in [1.29, 1.82) is 0 Å². The molecule has 0 amide bonds. The van der Waals surface area contributed by atoms with Crippen LogP contribution in [0.4, 0.5) is 0 Å². The van der Waals surface area contributed by atoms with Gasteiger partial charge >= 0.3 is 5.97 Å². The van der Waals surface area contributed by atoms with E-state index >= 15 is 0 Å². The molecule has 3 nitrogen and oxygen atoms in total. The second kappa shape index (κ2) is 5.66. The van der Waals surface area contributed by atoms with E-state index in [2.05, 4.69) is 20.9 Å². The number of carboxylic acid groups (broad SMARTS) is 1. The lowest BCUT2D eigenvalue weighted by Gasteiger charge is -2.02. The number of aromatic nitrogens is 1. The van der Waals surface area contributed by atoms with E-state index in [-0.39, 0.29) is 5.56 Å². The third-order valence-corrected chi connectivity index (χ3v) is 4.63. The molecule has 2 rings (SSSR count). The summed E-state index contributed by atoms with van der Waals surface area (Å²) in [7, 11) is 0. The van der Waals surface area contributed by atoms with Crippen molar-refractivity contribution in [2.75, 3.05) is 0 Å². The van der Waals surface area contributed by atoms with Gasteiger partial charge in [-0.1, -0.05) is 0 Å². The molecule has 88 valence electrons. The lowest BCUT2D eigenvalue weighted by Crippen LogP contribution is -2.00. The van der Waals surface area contributed by atoms with Crippen LogP contribution in [0.15, 0.2) is 38.6 Å². The standard InChI is InChI=1S/C11H8BrNO2S2/c12-9-4-7(5-16-9)6-17-10-8(11(14)15)2-1-3-13-10/h1-5H,6H2,(H,14,15). The molecule has 0 atom stereocenters. The zero-order valence-electron chi connectivity index (χ0n) is 8.59. The summed E-state index contributed by atoms with van der Waals surface area (Å²) in [5, 5.41) is 11.6. The molecule has 0 aliphatic heterocycles. The van der Waals surface area contributed by atoms with Gasteiger partial charge in [0.15, 0.2) is 0 Å². The van der Waals surface area contributed by atoms with Gasteiger partial charge in [0.25, 0.3) is 0 Å². The maximum Gasteiger partial charge on any atom is 0.338 e. The second-order valence-corrected chi connectivity index (χ2v) is 6.46. The van der Waals surface area contributed by atoms with E-state index in [1.807, 2.05) is 11.4 Å². The van der Waals surface area contributed by atoms with Gasteiger partial charge in [-0.15, -0.1) is 23.1 Å². The van der Waals surface area contributed by atoms with E-state index < -0.39 is 5.97 Å². The Morgan fingerprint density at radius 2 is 2.41 bits per heavy atom. The molecule has 0 unspecified atom stereocenters. The van der Waals surface area contributed by atoms with E-state index in [1.54, 1.807) is 29.7 Å². The molecule has 0 saturated heterocycles. The van der Waals surface area contributed by atoms with Gasteiger partial charge in [0.1, 0.15) is 5.03 Å². The first-order valence-electron chi connectivity index (χ1n) is 4.71. The van der Waals surface area contributed by atoms with E-state index in [9.17, 15) is 4.79 Å². The highest BCUT2D eigenvalue weighted by Crippen LogP contribution is 2.28. The van der Waals surface area contributed by atoms with Crippen molar-refractivity contribution in [2.24, 2.45) is 0 Å². The first-order valence-corrected chi connectivity index (χ1v) is 7.36. The quantitative estimate of drug-likeness (QED) is 0.864. The van der Waals surface area contributed by atoms with Crippen LogP contribution < -0.4 is 0 Å². The number of thiophene rings is 1. The van der Waals surface area contributed by atoms with Crippen molar-refractivity contribution in [1.82, 2.24) is 4.98 Å². The molecule has 6 heteroatoms. The Morgan fingerprint density at radius 3 is 3.06 bits per heavy atom. The van der Waals surface area contributed by atoms with Crippen LogP contribution in [0.1, 0.15) is 15.9 Å². The highest BCUT2D eigenvalue weighted by Gasteiger charge is 2.11. The normalized spacial score (nSPS) is 10.4. The van der Waals surface area contributed by atoms with Gasteiger partial charge < -0.3 is 5.11 Å². The van der Waals surface area contributed by atoms with Gasteiger partial charge in [0.2, 0.25) is 0 Å². The second-order valence-electron chi connectivity index (χ2n) is 3.21. The molecule has 0 spiro atoms. The maximum absolute atomic E-state index is 11.0. The van der Waals surface area contributed by atoms with Gasteiger partial charge in [-0.3, -0.25) is 0 Å². The minimum atomic E-state index is -0.938. The molecule has 2 aromatic heterocycles. The first-order chi connectivity index (χ1) is 8.16. The summed E-state index contributed by atoms with van der Waals surface area (Å²) in [6.45, 7) is 0. The minimum Gasteiger partial charge on any atom is -0.478 e. The summed E-state index contributed by atoms with van der Waals surface area (Å²) in [5.74, 6) is -0.216. The Kier molecular flexibility index (Phi) is 4.20. The highest BCUT2D eigenvalue weighted by atomic mass is 79.9. The molecule has 0 saturated carbocycles. The predicted octanol–water partition coefficient (Wildman–Crippen LogP) is 3.90. The fraction of sp³-hybridized carbons (Fsp3) is 0.0909. The Labute approximate surface area is 115 Å². The highest BCUT2D eigenvalue weighted by molar-refractivity contribution is 9.11. The number of carbonyl (C=O) groups is 1. The lowest BCUT2D eigenvalue weighted by atomic mass is 10.3. The zero-order chi connectivity index (χ0) is 12.3. The molecule has 17 heavy (non-hydrogen) atoms. The van der Waals surface area contributed by atoms with E-state index in [0.717, 1.165) is 15.1 Å². The first kappa shape index (κ1) is 12.6. The smallest absolute Gasteiger partial charge is 0.338 e. The van der Waals surface area contributed by atoms with E-state index in [1.165, 1.54) is 11.8 Å². The van der Waals surface area contributed by atoms with Gasteiger partial charge in [0.05, 0.1) is 9.35 Å². The van der Waals surface area contributed by atoms with Gasteiger partial charge in [-0.2, -0.15) is 0 Å². The van der Waals surface area contributed by atoms with Gasteiger partial charge in [0, 0.05) is 11.9 Å². The van der Waals surface area contributed by atoms with Crippen LogP contribution in [-0.2, 0) is 5.75 Å². The van der Waals surface area contributed by atoms with Crippen LogP contribution in [0.5, 0.6) is 0 Å². The molecular formula is C11H8BrNO2S2. The average Bonchev–Trinajstić information content (AvgIpc) is 2.73. The van der Waals surface area contributed by atoms with Crippen molar-refractivity contribution in [3.63, 3.8) is 0 Å². The fourth-order valence-corrected chi connectivity index (χ4v) is 3.47. The number of aromatic carboxylic acids is 1. The molecule has 0 aliphatic rings. The number of carboxylic acids is 1. The monoisotopic (exact) mass is 329 g/mol. The number of hydrogen-bond acceptors (Lipinski definition) is 4. The molecular weight excluding hydrogens is 322 g/mol. The lowest BCUT2D eigenvalue weighted by molar-refractivity contribution is 0.0692. The Hall–Kier alpha value is -0.850. The summed E-state index contributed by atoms with van der Waals surface area (Å²) in [6.07, 6.45) is 1.61. The molecule has 0 bridgehead atoms. The predicted molar refractivity (Wildman–Crippen MR) is 72.8 cm³/mol. The number of nitrogens with zero attached hydrogens (tertiary/aromatic N) is 1. The summed E-state index contributed by atoms with van der Waals surface area (Å²) in [5.41, 5.74) is 1.42. The summed E-state index contributed by atoms with van der Waals surface area (Å²) < 4.78 is 1.08. The summed E-state index contributed by atoms with van der Waals surface area (Å²) in [4.78, 5) is 15.1. The molecule has 0 fully saturated rings. The Morgan fingerprint density at radius 1 is 1.59 bits per heavy atom. The van der Waals surface area contributed by atoms with Gasteiger partial charge in [-0.05, 0) is 45.1 Å². The van der Waals surface area contributed by atoms with Crippen LogP contribution >= 0.6 is 39.0 Å². The van der Waals surface area contributed by atoms with Gasteiger partial charge in [-0.25, -0.2) is 9.78 Å². The van der Waals surface area contributed by atoms with Crippen LogP contribution in [0, 0.1) is 0 Å². The van der Waals surface area contributed by atoms with Crippen molar-refractivity contribution < 1.29 is 9.90 Å². The Balaban J connectivity index is 2.11. The van der Waals surface area contributed by atoms with Crippen LogP contribution in [0.25, 0.3) is 0 Å². The Bertz CT molecular complexity index is 542. The van der Waals surface area contributed by atoms with Crippen molar-refractivity contribution in [3.05, 3.63) is 44.7 Å². The van der Waals surface area contributed by atoms with Crippen molar-refractivity contribution in [2.45, 2.75) is 10.8 Å². The van der Waals surface area contributed by atoms with Crippen molar-refractivity contribution in [3.8, 4) is 0 Å². The molecule has 2 aromatic rings. The van der Waals surface area contributed by atoms with E-state index in [0.29, 0.717) is 5.03 Å². The zero-order valence-corrected chi connectivity index (χ0v) is 11.8. The molecule has 0 aliphatic carbocycles. The van der Waals surface area contributed by atoms with Crippen molar-refractivity contribution >= 4 is 45.0 Å².